The van der Waals surface area contributed by atoms with Crippen LogP contribution in [0, 0.1) is 0 Å². The first kappa shape index (κ1) is 13.1. The third-order valence-corrected chi connectivity index (χ3v) is 2.60. The molecule has 0 aromatic carbocycles. The molecule has 98 valence electrons. The van der Waals surface area contributed by atoms with E-state index >= 15 is 0 Å². The van der Waals surface area contributed by atoms with Gasteiger partial charge in [-0.3, -0.25) is 4.98 Å². The van der Waals surface area contributed by atoms with Crippen molar-refractivity contribution in [2.24, 2.45) is 0 Å². The molecule has 6 heteroatoms. The Morgan fingerprint density at radius 1 is 1.32 bits per heavy atom. The zero-order valence-electron chi connectivity index (χ0n) is 10.3. The SMILES string of the molecule is O=C(O)c1cncnc1CNCCc1ccccn1. The van der Waals surface area contributed by atoms with Crippen LogP contribution in [-0.2, 0) is 13.0 Å². The summed E-state index contributed by atoms with van der Waals surface area (Å²) in [5.74, 6) is -1.01. The molecule has 0 aliphatic carbocycles. The van der Waals surface area contributed by atoms with Gasteiger partial charge in [0.25, 0.3) is 0 Å². The summed E-state index contributed by atoms with van der Waals surface area (Å²) in [6, 6.07) is 5.77. The van der Waals surface area contributed by atoms with Crippen LogP contribution < -0.4 is 5.32 Å². The van der Waals surface area contributed by atoms with E-state index in [9.17, 15) is 4.79 Å². The number of carboxylic acids is 1. The number of carbonyl (C=O) groups is 1. The van der Waals surface area contributed by atoms with E-state index in [1.165, 1.54) is 12.5 Å². The standard InChI is InChI=1S/C13H14N4O2/c18-13(19)11-7-15-9-17-12(11)8-14-6-4-10-3-1-2-5-16-10/h1-3,5,7,9,14H,4,6,8H2,(H,18,19). The molecular weight excluding hydrogens is 244 g/mol. The monoisotopic (exact) mass is 258 g/mol. The Hall–Kier alpha value is -2.34. The summed E-state index contributed by atoms with van der Waals surface area (Å²) in [7, 11) is 0. The smallest absolute Gasteiger partial charge is 0.339 e. The van der Waals surface area contributed by atoms with Gasteiger partial charge >= 0.3 is 5.97 Å². The van der Waals surface area contributed by atoms with E-state index in [1.54, 1.807) is 6.20 Å². The van der Waals surface area contributed by atoms with Crippen LogP contribution in [0.1, 0.15) is 21.7 Å². The third kappa shape index (κ3) is 3.82. The minimum atomic E-state index is -1.01. The molecule has 0 bridgehead atoms. The molecule has 0 saturated heterocycles. The normalized spacial score (nSPS) is 10.3. The number of pyridine rings is 1. The Bertz CT molecular complexity index is 545. The lowest BCUT2D eigenvalue weighted by atomic mass is 10.2. The summed E-state index contributed by atoms with van der Waals surface area (Å²) in [6.45, 7) is 1.11. The van der Waals surface area contributed by atoms with Gasteiger partial charge in [0.15, 0.2) is 0 Å². The minimum absolute atomic E-state index is 0.132. The van der Waals surface area contributed by atoms with Gasteiger partial charge in [0, 0.05) is 37.6 Å². The fourth-order valence-electron chi connectivity index (χ4n) is 1.64. The van der Waals surface area contributed by atoms with Crippen molar-refractivity contribution in [3.8, 4) is 0 Å². The van der Waals surface area contributed by atoms with Gasteiger partial charge in [0.05, 0.1) is 5.69 Å². The van der Waals surface area contributed by atoms with Gasteiger partial charge in [-0.15, -0.1) is 0 Å². The average molecular weight is 258 g/mol. The van der Waals surface area contributed by atoms with E-state index in [0.29, 0.717) is 18.8 Å². The van der Waals surface area contributed by atoms with Crippen LogP contribution in [0.4, 0.5) is 0 Å². The molecule has 2 aromatic rings. The molecule has 0 aliphatic rings. The zero-order valence-corrected chi connectivity index (χ0v) is 10.3. The Kier molecular flexibility index (Phi) is 4.52. The van der Waals surface area contributed by atoms with Gasteiger partial charge in [-0.05, 0) is 12.1 Å². The van der Waals surface area contributed by atoms with Crippen molar-refractivity contribution in [3.05, 3.63) is 53.9 Å². The quantitative estimate of drug-likeness (QED) is 0.748. The summed E-state index contributed by atoms with van der Waals surface area (Å²) < 4.78 is 0. The fraction of sp³-hybridized carbons (Fsp3) is 0.231. The zero-order chi connectivity index (χ0) is 13.5. The van der Waals surface area contributed by atoms with Crippen molar-refractivity contribution in [1.82, 2.24) is 20.3 Å². The highest BCUT2D eigenvalue weighted by Crippen LogP contribution is 2.03. The fourth-order valence-corrected chi connectivity index (χ4v) is 1.64. The topological polar surface area (TPSA) is 88.0 Å². The molecule has 19 heavy (non-hydrogen) atoms. The van der Waals surface area contributed by atoms with Crippen LogP contribution in [0.2, 0.25) is 0 Å². The molecule has 2 N–H and O–H groups in total. The highest BCUT2D eigenvalue weighted by Gasteiger charge is 2.10. The Labute approximate surface area is 110 Å². The molecule has 2 rings (SSSR count). The second-order valence-corrected chi connectivity index (χ2v) is 3.94. The molecule has 0 spiro atoms. The van der Waals surface area contributed by atoms with E-state index in [1.807, 2.05) is 18.2 Å². The van der Waals surface area contributed by atoms with Gasteiger partial charge in [-0.25, -0.2) is 14.8 Å². The van der Waals surface area contributed by atoms with E-state index < -0.39 is 5.97 Å². The molecule has 0 fully saturated rings. The highest BCUT2D eigenvalue weighted by molar-refractivity contribution is 5.88. The summed E-state index contributed by atoms with van der Waals surface area (Å²) in [6.07, 6.45) is 5.20. The number of carboxylic acid groups (broad SMARTS) is 1. The summed E-state index contributed by atoms with van der Waals surface area (Å²) in [5.41, 5.74) is 1.62. The van der Waals surface area contributed by atoms with Crippen LogP contribution in [0.25, 0.3) is 0 Å². The molecule has 0 amide bonds. The molecule has 0 aliphatic heterocycles. The number of nitrogens with zero attached hydrogens (tertiary/aromatic N) is 3. The maximum atomic E-state index is 11.0. The van der Waals surface area contributed by atoms with Crippen molar-refractivity contribution in [3.63, 3.8) is 0 Å². The van der Waals surface area contributed by atoms with Crippen molar-refractivity contribution >= 4 is 5.97 Å². The molecule has 0 radical (unpaired) electrons. The number of hydrogen-bond donors (Lipinski definition) is 2. The first-order valence-corrected chi connectivity index (χ1v) is 5.90. The maximum absolute atomic E-state index is 11.0. The summed E-state index contributed by atoms with van der Waals surface area (Å²) >= 11 is 0. The Morgan fingerprint density at radius 2 is 2.21 bits per heavy atom. The lowest BCUT2D eigenvalue weighted by molar-refractivity contribution is 0.0694. The van der Waals surface area contributed by atoms with E-state index in [2.05, 4.69) is 20.3 Å². The van der Waals surface area contributed by atoms with Crippen molar-refractivity contribution in [2.75, 3.05) is 6.54 Å². The predicted octanol–water partition coefficient (Wildman–Crippen LogP) is 0.902. The number of hydrogen-bond acceptors (Lipinski definition) is 5. The second-order valence-electron chi connectivity index (χ2n) is 3.94. The predicted molar refractivity (Wildman–Crippen MR) is 68.6 cm³/mol. The molecule has 2 heterocycles. The maximum Gasteiger partial charge on any atom is 0.339 e. The van der Waals surface area contributed by atoms with Gasteiger partial charge < -0.3 is 10.4 Å². The van der Waals surface area contributed by atoms with Gasteiger partial charge in [-0.2, -0.15) is 0 Å². The number of nitrogens with one attached hydrogen (secondary N) is 1. The van der Waals surface area contributed by atoms with E-state index in [0.717, 1.165) is 12.1 Å². The largest absolute Gasteiger partial charge is 0.478 e. The molecule has 0 saturated carbocycles. The lowest BCUT2D eigenvalue weighted by Gasteiger charge is -2.06. The van der Waals surface area contributed by atoms with Crippen molar-refractivity contribution in [1.29, 1.82) is 0 Å². The lowest BCUT2D eigenvalue weighted by Crippen LogP contribution is -2.20. The minimum Gasteiger partial charge on any atom is -0.478 e. The van der Waals surface area contributed by atoms with Gasteiger partial charge in [-0.1, -0.05) is 6.07 Å². The van der Waals surface area contributed by atoms with Crippen LogP contribution in [0.5, 0.6) is 0 Å². The molecular formula is C13H14N4O2. The first-order valence-electron chi connectivity index (χ1n) is 5.90. The Morgan fingerprint density at radius 3 is 2.95 bits per heavy atom. The number of rotatable bonds is 6. The van der Waals surface area contributed by atoms with E-state index in [4.69, 9.17) is 5.11 Å². The van der Waals surface area contributed by atoms with E-state index in [-0.39, 0.29) is 5.56 Å². The summed E-state index contributed by atoms with van der Waals surface area (Å²) in [4.78, 5) is 22.9. The van der Waals surface area contributed by atoms with Gasteiger partial charge in [0.1, 0.15) is 11.9 Å². The molecule has 0 atom stereocenters. The van der Waals surface area contributed by atoms with Crippen molar-refractivity contribution in [2.45, 2.75) is 13.0 Å². The second kappa shape index (κ2) is 6.55. The van der Waals surface area contributed by atoms with Crippen LogP contribution in [-0.4, -0.2) is 32.6 Å². The first-order chi connectivity index (χ1) is 9.27. The molecule has 2 aromatic heterocycles. The summed E-state index contributed by atoms with van der Waals surface area (Å²) in [5, 5.41) is 12.1. The third-order valence-electron chi connectivity index (χ3n) is 2.60. The van der Waals surface area contributed by atoms with Crippen LogP contribution >= 0.6 is 0 Å². The van der Waals surface area contributed by atoms with Crippen molar-refractivity contribution < 1.29 is 9.90 Å². The van der Waals surface area contributed by atoms with Crippen LogP contribution in [0.15, 0.2) is 36.9 Å². The molecule has 0 unspecified atom stereocenters. The van der Waals surface area contributed by atoms with Gasteiger partial charge in [0.2, 0.25) is 0 Å². The number of aromatic carboxylic acids is 1. The Balaban J connectivity index is 1.85. The van der Waals surface area contributed by atoms with Crippen LogP contribution in [0.3, 0.4) is 0 Å². The average Bonchev–Trinajstić information content (AvgIpc) is 2.45. The molecule has 6 nitrogen and oxygen atoms in total. The number of aromatic nitrogens is 3. The highest BCUT2D eigenvalue weighted by atomic mass is 16.4.